The number of halogens is 1. The smallest absolute Gasteiger partial charge is 0.280 e. The molecule has 1 rings (SSSR count). The van der Waals surface area contributed by atoms with Gasteiger partial charge in [-0.3, -0.25) is 14.4 Å². The van der Waals surface area contributed by atoms with Crippen LogP contribution in [0.5, 0.6) is 0 Å². The van der Waals surface area contributed by atoms with E-state index in [0.29, 0.717) is 17.5 Å². The Morgan fingerprint density at radius 2 is 2.25 bits per heavy atom. The Morgan fingerprint density at radius 3 is 2.81 bits per heavy atom. The molecule has 1 amide bonds. The van der Waals surface area contributed by atoms with Gasteiger partial charge >= 0.3 is 0 Å². The molecule has 0 aliphatic carbocycles. The number of rotatable bonds is 4. The van der Waals surface area contributed by atoms with Crippen molar-refractivity contribution in [2.45, 2.75) is 20.3 Å². The Bertz CT molecular complexity index is 442. The van der Waals surface area contributed by atoms with E-state index in [1.807, 2.05) is 6.92 Å². The average molecular weight is 289 g/mol. The van der Waals surface area contributed by atoms with E-state index in [9.17, 15) is 9.59 Å². The maximum Gasteiger partial charge on any atom is 0.280 e. The summed E-state index contributed by atoms with van der Waals surface area (Å²) in [6.07, 6.45) is 0.684. The van der Waals surface area contributed by atoms with E-state index in [2.05, 4.69) is 26.4 Å². The summed E-state index contributed by atoms with van der Waals surface area (Å²) in [7, 11) is 0. The summed E-state index contributed by atoms with van der Waals surface area (Å²) in [6, 6.07) is 1.49. The van der Waals surface area contributed by atoms with Gasteiger partial charge in [0.05, 0.1) is 6.61 Å². The number of nitrogens with one attached hydrogen (secondary N) is 2. The van der Waals surface area contributed by atoms with E-state index in [4.69, 9.17) is 4.84 Å². The van der Waals surface area contributed by atoms with E-state index < -0.39 is 11.5 Å². The molecule has 0 aliphatic rings. The molecule has 1 heterocycles. The normalized spacial score (nSPS) is 10.2. The van der Waals surface area contributed by atoms with E-state index >= 15 is 0 Å². The molecule has 1 aromatic rings. The molecule has 0 atom stereocenters. The van der Waals surface area contributed by atoms with Crippen LogP contribution in [0.3, 0.4) is 0 Å². The molecule has 0 saturated carbocycles. The molecule has 6 heteroatoms. The second-order valence-corrected chi connectivity index (χ2v) is 3.91. The predicted octanol–water partition coefficient (Wildman–Crippen LogP) is 1.38. The number of aromatic nitrogens is 1. The molecule has 2 N–H and O–H groups in total. The van der Waals surface area contributed by atoms with Gasteiger partial charge in [0.1, 0.15) is 5.56 Å². The first-order valence-electron chi connectivity index (χ1n) is 4.94. The molecule has 0 radical (unpaired) electrons. The number of aryl methyl sites for hydroxylation is 1. The van der Waals surface area contributed by atoms with E-state index in [0.717, 1.165) is 5.69 Å². The fourth-order valence-corrected chi connectivity index (χ4v) is 1.77. The number of hydrogen-bond donors (Lipinski definition) is 2. The van der Waals surface area contributed by atoms with E-state index in [1.54, 1.807) is 6.92 Å². The van der Waals surface area contributed by atoms with Gasteiger partial charge in [0.25, 0.3) is 11.5 Å². The van der Waals surface area contributed by atoms with Gasteiger partial charge in [-0.05, 0) is 35.3 Å². The molecular formula is C10H13BrN2O3. The highest BCUT2D eigenvalue weighted by Crippen LogP contribution is 2.14. The summed E-state index contributed by atoms with van der Waals surface area (Å²) >= 11 is 3.29. The number of amides is 1. The van der Waals surface area contributed by atoms with Gasteiger partial charge in [-0.15, -0.1) is 0 Å². The molecule has 16 heavy (non-hydrogen) atoms. The minimum atomic E-state index is -0.550. The first-order chi connectivity index (χ1) is 7.60. The van der Waals surface area contributed by atoms with Crippen LogP contribution < -0.4 is 11.0 Å². The van der Waals surface area contributed by atoms with Crippen LogP contribution >= 0.6 is 15.9 Å². The van der Waals surface area contributed by atoms with Gasteiger partial charge in [0, 0.05) is 10.2 Å². The highest BCUT2D eigenvalue weighted by molar-refractivity contribution is 9.10. The van der Waals surface area contributed by atoms with Gasteiger partial charge < -0.3 is 4.98 Å². The molecule has 0 fully saturated rings. The standard InChI is InChI=1S/C10H13BrN2O3/c1-3-8-7(11)5-6(9(14)12-8)10(15)13-16-4-2/h5H,3-4H2,1-2H3,(H,12,14)(H,13,15). The fourth-order valence-electron chi connectivity index (χ4n) is 1.16. The van der Waals surface area contributed by atoms with Crippen LogP contribution in [0.15, 0.2) is 15.3 Å². The number of pyridine rings is 1. The summed E-state index contributed by atoms with van der Waals surface area (Å²) < 4.78 is 0.705. The van der Waals surface area contributed by atoms with Gasteiger partial charge in [0.2, 0.25) is 0 Å². The number of H-pyrrole nitrogens is 1. The minimum Gasteiger partial charge on any atom is -0.324 e. The van der Waals surface area contributed by atoms with Crippen molar-refractivity contribution in [3.8, 4) is 0 Å². The first kappa shape index (κ1) is 12.9. The quantitative estimate of drug-likeness (QED) is 0.823. The lowest BCUT2D eigenvalue weighted by Crippen LogP contribution is -2.30. The van der Waals surface area contributed by atoms with E-state index in [-0.39, 0.29) is 5.56 Å². The molecule has 0 unspecified atom stereocenters. The number of carbonyl (C=O) groups excluding carboxylic acids is 1. The molecule has 0 saturated heterocycles. The third-order valence-corrected chi connectivity index (χ3v) is 2.68. The lowest BCUT2D eigenvalue weighted by molar-refractivity contribution is 0.0363. The number of hydroxylamine groups is 1. The van der Waals surface area contributed by atoms with Gasteiger partial charge in [-0.2, -0.15) is 0 Å². The van der Waals surface area contributed by atoms with Crippen LogP contribution in [0.25, 0.3) is 0 Å². The van der Waals surface area contributed by atoms with Gasteiger partial charge in [0.15, 0.2) is 0 Å². The lowest BCUT2D eigenvalue weighted by atomic mass is 10.2. The topological polar surface area (TPSA) is 71.2 Å². The number of aromatic amines is 1. The predicted molar refractivity (Wildman–Crippen MR) is 63.2 cm³/mol. The monoisotopic (exact) mass is 288 g/mol. The Labute approximate surface area is 101 Å². The van der Waals surface area contributed by atoms with Crippen LogP contribution in [0, 0.1) is 0 Å². The van der Waals surface area contributed by atoms with Crippen LogP contribution in [0.1, 0.15) is 29.9 Å². The Kier molecular flexibility index (Phi) is 4.70. The summed E-state index contributed by atoms with van der Waals surface area (Å²) in [5.41, 5.74) is 2.54. The second kappa shape index (κ2) is 5.81. The zero-order chi connectivity index (χ0) is 12.1. The van der Waals surface area contributed by atoms with Gasteiger partial charge in [-0.25, -0.2) is 5.48 Å². The van der Waals surface area contributed by atoms with Crippen LogP contribution in [0.4, 0.5) is 0 Å². The van der Waals surface area contributed by atoms with Crippen LogP contribution in [-0.2, 0) is 11.3 Å². The lowest BCUT2D eigenvalue weighted by Gasteiger charge is -2.05. The zero-order valence-electron chi connectivity index (χ0n) is 9.09. The first-order valence-corrected chi connectivity index (χ1v) is 5.73. The molecule has 5 nitrogen and oxygen atoms in total. The Balaban J connectivity index is 3.02. The minimum absolute atomic E-state index is 0.0255. The summed E-state index contributed by atoms with van der Waals surface area (Å²) in [4.78, 5) is 30.4. The molecule has 1 aromatic heterocycles. The summed E-state index contributed by atoms with van der Waals surface area (Å²) in [5, 5.41) is 0. The fraction of sp³-hybridized carbons (Fsp3) is 0.400. The van der Waals surface area contributed by atoms with Crippen molar-refractivity contribution in [2.75, 3.05) is 6.61 Å². The Morgan fingerprint density at radius 1 is 1.56 bits per heavy atom. The van der Waals surface area contributed by atoms with Crippen molar-refractivity contribution in [2.24, 2.45) is 0 Å². The zero-order valence-corrected chi connectivity index (χ0v) is 10.7. The molecule has 0 aliphatic heterocycles. The van der Waals surface area contributed by atoms with Crippen molar-refractivity contribution in [1.29, 1.82) is 0 Å². The highest BCUT2D eigenvalue weighted by atomic mass is 79.9. The second-order valence-electron chi connectivity index (χ2n) is 3.06. The van der Waals surface area contributed by atoms with Crippen molar-refractivity contribution in [3.63, 3.8) is 0 Å². The number of carbonyl (C=O) groups is 1. The molecule has 0 aromatic carbocycles. The molecule has 0 bridgehead atoms. The maximum atomic E-state index is 11.6. The van der Waals surface area contributed by atoms with Gasteiger partial charge in [-0.1, -0.05) is 6.92 Å². The highest BCUT2D eigenvalue weighted by Gasteiger charge is 2.12. The van der Waals surface area contributed by atoms with E-state index in [1.165, 1.54) is 6.07 Å². The third kappa shape index (κ3) is 2.93. The maximum absolute atomic E-state index is 11.6. The van der Waals surface area contributed by atoms with Crippen molar-refractivity contribution < 1.29 is 9.63 Å². The van der Waals surface area contributed by atoms with Crippen LogP contribution in [-0.4, -0.2) is 17.5 Å². The van der Waals surface area contributed by atoms with Crippen molar-refractivity contribution in [1.82, 2.24) is 10.5 Å². The van der Waals surface area contributed by atoms with Crippen LogP contribution in [0.2, 0.25) is 0 Å². The van der Waals surface area contributed by atoms with Crippen molar-refractivity contribution in [3.05, 3.63) is 32.2 Å². The Hall–Kier alpha value is -1.14. The average Bonchev–Trinajstić information content (AvgIpc) is 2.28. The molecule has 88 valence electrons. The molecular weight excluding hydrogens is 276 g/mol. The third-order valence-electron chi connectivity index (χ3n) is 1.98. The number of hydrogen-bond acceptors (Lipinski definition) is 3. The summed E-state index contributed by atoms with van der Waals surface area (Å²) in [5.74, 6) is -0.550. The summed E-state index contributed by atoms with van der Waals surface area (Å²) in [6.45, 7) is 3.99. The largest absolute Gasteiger partial charge is 0.324 e. The van der Waals surface area contributed by atoms with Crippen molar-refractivity contribution >= 4 is 21.8 Å². The molecule has 0 spiro atoms. The SMILES string of the molecule is CCONC(=O)c1cc(Br)c(CC)[nH]c1=O.